The number of hydrogen-bond acceptors (Lipinski definition) is 6. The van der Waals surface area contributed by atoms with Crippen molar-refractivity contribution < 1.29 is 10.0 Å². The summed E-state index contributed by atoms with van der Waals surface area (Å²) < 4.78 is 1.25. The average Bonchev–Trinajstić information content (AvgIpc) is 2.76. The summed E-state index contributed by atoms with van der Waals surface area (Å²) in [5.41, 5.74) is 0. The van der Waals surface area contributed by atoms with Gasteiger partial charge in [0.1, 0.15) is 18.4 Å². The lowest BCUT2D eigenvalue weighted by Crippen LogP contribution is -2.30. The zero-order valence-electron chi connectivity index (χ0n) is 11.3. The maximum Gasteiger partial charge on any atom is 0.434 e. The number of alkyl halides is 1. The second-order valence-electron chi connectivity index (χ2n) is 5.05. The van der Waals surface area contributed by atoms with Crippen LogP contribution >= 0.6 is 11.6 Å². The van der Waals surface area contributed by atoms with Gasteiger partial charge in [0, 0.05) is 0 Å². The molecule has 0 saturated carbocycles. The minimum atomic E-state index is -0.842. The van der Waals surface area contributed by atoms with Crippen molar-refractivity contribution in [1.29, 1.82) is 0 Å². The molecular weight excluding hydrogens is 288 g/mol. The van der Waals surface area contributed by atoms with Crippen LogP contribution in [0.2, 0.25) is 0 Å². The molecule has 112 valence electrons. The Hall–Kier alpha value is -1.54. The van der Waals surface area contributed by atoms with Crippen LogP contribution in [0, 0.1) is 15.0 Å². The van der Waals surface area contributed by atoms with E-state index in [0.29, 0.717) is 6.42 Å². The number of imidazole rings is 1. The second-order valence-corrected chi connectivity index (χ2v) is 6.03. The summed E-state index contributed by atoms with van der Waals surface area (Å²) in [6, 6.07) is -0.628. The van der Waals surface area contributed by atoms with Crippen LogP contribution in [0.15, 0.2) is 17.6 Å². The normalized spacial score (nSPS) is 14.8. The number of halogens is 1. The molecule has 2 atom stereocenters. The molecule has 0 aliphatic heterocycles. The molecule has 0 saturated heterocycles. The first-order valence-electron chi connectivity index (χ1n) is 6.10. The molecular formula is C11H17ClN4O4. The summed E-state index contributed by atoms with van der Waals surface area (Å²) in [4.78, 5) is 23.6. The van der Waals surface area contributed by atoms with Crippen LogP contribution in [0.1, 0.15) is 26.7 Å². The first-order chi connectivity index (χ1) is 9.25. The van der Waals surface area contributed by atoms with Crippen molar-refractivity contribution in [2.45, 2.75) is 50.3 Å². The van der Waals surface area contributed by atoms with Gasteiger partial charge in [0.15, 0.2) is 0 Å². The van der Waals surface area contributed by atoms with E-state index >= 15 is 0 Å². The van der Waals surface area contributed by atoms with Gasteiger partial charge in [-0.2, -0.15) is 4.91 Å². The predicted molar refractivity (Wildman–Crippen MR) is 73.6 cm³/mol. The molecule has 9 heteroatoms. The van der Waals surface area contributed by atoms with E-state index < -0.39 is 21.9 Å². The molecule has 1 heterocycles. The van der Waals surface area contributed by atoms with E-state index in [1.54, 1.807) is 13.8 Å². The van der Waals surface area contributed by atoms with Crippen molar-refractivity contribution in [1.82, 2.24) is 9.55 Å². The number of aliphatic hydroxyl groups is 1. The second kappa shape index (κ2) is 6.76. The van der Waals surface area contributed by atoms with Crippen molar-refractivity contribution in [3.05, 3.63) is 27.4 Å². The molecule has 0 radical (unpaired) electrons. The standard InChI is InChI=1S/C11H17ClN4O4/c1-11(2,12)9(14-18)4-3-8(17)7-15-6-5-13-10(15)16(19)20/h5-6,8-9,17H,3-4,7H2,1-2H3. The predicted octanol–water partition coefficient (Wildman–Crippen LogP) is 2.08. The Morgan fingerprint density at radius 3 is 2.75 bits per heavy atom. The highest BCUT2D eigenvalue weighted by molar-refractivity contribution is 6.23. The van der Waals surface area contributed by atoms with Gasteiger partial charge in [0.25, 0.3) is 0 Å². The molecule has 1 aromatic rings. The van der Waals surface area contributed by atoms with E-state index in [9.17, 15) is 20.1 Å². The number of hydrogen-bond donors (Lipinski definition) is 1. The Balaban J connectivity index is 2.56. The summed E-state index contributed by atoms with van der Waals surface area (Å²) in [6.07, 6.45) is 2.45. The minimum Gasteiger partial charge on any atom is -0.390 e. The van der Waals surface area contributed by atoms with Gasteiger partial charge in [0.2, 0.25) is 0 Å². The van der Waals surface area contributed by atoms with Crippen molar-refractivity contribution >= 4 is 17.5 Å². The third-order valence-corrected chi connectivity index (χ3v) is 3.21. The number of rotatable bonds is 8. The van der Waals surface area contributed by atoms with Gasteiger partial charge in [-0.25, -0.2) is 4.57 Å². The van der Waals surface area contributed by atoms with Crippen molar-refractivity contribution in [2.24, 2.45) is 5.18 Å². The van der Waals surface area contributed by atoms with E-state index in [1.807, 2.05) is 0 Å². The van der Waals surface area contributed by atoms with Crippen molar-refractivity contribution in [3.8, 4) is 0 Å². The van der Waals surface area contributed by atoms with Crippen molar-refractivity contribution in [2.75, 3.05) is 0 Å². The van der Waals surface area contributed by atoms with Gasteiger partial charge in [-0.1, -0.05) is 10.2 Å². The summed E-state index contributed by atoms with van der Waals surface area (Å²) in [5, 5.41) is 23.5. The van der Waals surface area contributed by atoms with E-state index in [1.165, 1.54) is 17.0 Å². The summed E-state index contributed by atoms with van der Waals surface area (Å²) in [6.45, 7) is 3.38. The molecule has 1 rings (SSSR count). The molecule has 0 aromatic carbocycles. The third kappa shape index (κ3) is 4.53. The van der Waals surface area contributed by atoms with Gasteiger partial charge in [-0.05, 0) is 31.6 Å². The molecule has 0 bridgehead atoms. The van der Waals surface area contributed by atoms with E-state index in [2.05, 4.69) is 10.2 Å². The molecule has 20 heavy (non-hydrogen) atoms. The van der Waals surface area contributed by atoms with E-state index in [-0.39, 0.29) is 18.9 Å². The fraction of sp³-hybridized carbons (Fsp3) is 0.727. The number of aliphatic hydroxyl groups excluding tert-OH is 1. The molecule has 2 unspecified atom stereocenters. The molecule has 0 aliphatic rings. The average molecular weight is 305 g/mol. The Morgan fingerprint density at radius 1 is 1.60 bits per heavy atom. The van der Waals surface area contributed by atoms with Crippen LogP contribution < -0.4 is 0 Å². The van der Waals surface area contributed by atoms with Gasteiger partial charge in [0.05, 0.1) is 17.5 Å². The molecule has 1 N–H and O–H groups in total. The minimum absolute atomic E-state index is 0.0323. The van der Waals surface area contributed by atoms with E-state index in [0.717, 1.165) is 0 Å². The van der Waals surface area contributed by atoms with Crippen molar-refractivity contribution in [3.63, 3.8) is 0 Å². The Labute approximate surface area is 120 Å². The zero-order chi connectivity index (χ0) is 15.3. The summed E-state index contributed by atoms with van der Waals surface area (Å²) in [7, 11) is 0. The Bertz CT molecular complexity index is 471. The molecule has 0 spiro atoms. The Kier molecular flexibility index (Phi) is 5.58. The number of nitroso groups, excluding NO2 is 1. The van der Waals surface area contributed by atoms with Gasteiger partial charge in [-0.3, -0.25) is 0 Å². The molecule has 1 aromatic heterocycles. The number of aromatic nitrogens is 2. The van der Waals surface area contributed by atoms with E-state index in [4.69, 9.17) is 11.6 Å². The van der Waals surface area contributed by atoms with Crippen LogP contribution in [0.4, 0.5) is 5.95 Å². The lowest BCUT2D eigenvalue weighted by molar-refractivity contribution is -0.397. The molecule has 0 aliphatic carbocycles. The quantitative estimate of drug-likeness (QED) is 0.342. The largest absolute Gasteiger partial charge is 0.434 e. The maximum atomic E-state index is 10.7. The van der Waals surface area contributed by atoms with Crippen LogP contribution in [0.25, 0.3) is 0 Å². The van der Waals surface area contributed by atoms with Crippen LogP contribution in [-0.4, -0.2) is 36.6 Å². The van der Waals surface area contributed by atoms with Crippen LogP contribution in [0.3, 0.4) is 0 Å². The first-order valence-corrected chi connectivity index (χ1v) is 6.48. The first kappa shape index (κ1) is 16.5. The SMILES string of the molecule is CC(C)(Cl)C(CCC(O)Cn1ccnc1[N+](=O)[O-])N=O. The lowest BCUT2D eigenvalue weighted by Gasteiger charge is -2.22. The number of nitrogens with zero attached hydrogens (tertiary/aromatic N) is 4. The third-order valence-electron chi connectivity index (χ3n) is 2.96. The molecule has 8 nitrogen and oxygen atoms in total. The fourth-order valence-electron chi connectivity index (χ4n) is 1.81. The van der Waals surface area contributed by atoms with Gasteiger partial charge >= 0.3 is 5.95 Å². The van der Waals surface area contributed by atoms with Gasteiger partial charge in [-0.15, -0.1) is 11.6 Å². The highest BCUT2D eigenvalue weighted by atomic mass is 35.5. The highest BCUT2D eigenvalue weighted by Crippen LogP contribution is 2.25. The molecule has 0 amide bonds. The smallest absolute Gasteiger partial charge is 0.390 e. The Morgan fingerprint density at radius 2 is 2.25 bits per heavy atom. The zero-order valence-corrected chi connectivity index (χ0v) is 12.0. The molecule has 0 fully saturated rings. The van der Waals surface area contributed by atoms with Crippen LogP contribution in [0.5, 0.6) is 0 Å². The fourth-order valence-corrected chi connectivity index (χ4v) is 1.95. The maximum absolute atomic E-state index is 10.7. The lowest BCUT2D eigenvalue weighted by atomic mass is 9.97. The number of nitro groups is 1. The van der Waals surface area contributed by atoms with Crippen LogP contribution in [-0.2, 0) is 6.54 Å². The monoisotopic (exact) mass is 304 g/mol. The van der Waals surface area contributed by atoms with Gasteiger partial charge < -0.3 is 15.2 Å². The topological polar surface area (TPSA) is 111 Å². The summed E-state index contributed by atoms with van der Waals surface area (Å²) in [5.74, 6) is -0.327. The highest BCUT2D eigenvalue weighted by Gasteiger charge is 2.29. The summed E-state index contributed by atoms with van der Waals surface area (Å²) >= 11 is 6.01.